The van der Waals surface area contributed by atoms with E-state index in [2.05, 4.69) is 4.74 Å². The Hall–Kier alpha value is -0.370. The zero-order chi connectivity index (χ0) is 13.4. The lowest BCUT2D eigenvalue weighted by atomic mass is 9.87. The fourth-order valence-corrected chi connectivity index (χ4v) is 2.16. The highest BCUT2D eigenvalue weighted by Crippen LogP contribution is 2.43. The molecule has 1 heterocycles. The van der Waals surface area contributed by atoms with Crippen molar-refractivity contribution in [1.82, 2.24) is 5.06 Å². The molecule has 1 aliphatic rings. The van der Waals surface area contributed by atoms with Gasteiger partial charge in [-0.2, -0.15) is 18.2 Å². The van der Waals surface area contributed by atoms with Crippen molar-refractivity contribution in [3.05, 3.63) is 0 Å². The third-order valence-electron chi connectivity index (χ3n) is 3.00. The van der Waals surface area contributed by atoms with Crippen molar-refractivity contribution in [2.24, 2.45) is 11.8 Å². The molecule has 1 rings (SSSR count). The van der Waals surface area contributed by atoms with Crippen LogP contribution in [0.15, 0.2) is 0 Å². The lowest BCUT2D eigenvalue weighted by molar-refractivity contribution is -0.216. The fourth-order valence-electron chi connectivity index (χ4n) is 2.16. The molecule has 1 aliphatic heterocycles. The first-order valence-corrected chi connectivity index (χ1v) is 5.37. The van der Waals surface area contributed by atoms with Crippen LogP contribution >= 0.6 is 0 Å². The van der Waals surface area contributed by atoms with Crippen LogP contribution in [0, 0.1) is 11.8 Å². The molecule has 1 saturated heterocycles. The number of hydrogen-bond donors (Lipinski definition) is 1. The summed E-state index contributed by atoms with van der Waals surface area (Å²) in [6.07, 6.45) is -6.98. The summed E-state index contributed by atoms with van der Waals surface area (Å²) < 4.78 is 43.6. The lowest BCUT2D eigenvalue weighted by Crippen LogP contribution is -2.48. The number of nitrogens with zero attached hydrogens (tertiary/aromatic N) is 1. The fraction of sp³-hybridized carbons (Fsp3) is 1.00. The average molecular weight is 257 g/mol. The Balaban J connectivity index is 3.02. The van der Waals surface area contributed by atoms with Crippen LogP contribution in [-0.4, -0.2) is 48.9 Å². The van der Waals surface area contributed by atoms with Gasteiger partial charge in [-0.1, -0.05) is 13.8 Å². The number of methoxy groups -OCH3 is 1. The first kappa shape index (κ1) is 14.7. The Kier molecular flexibility index (Phi) is 4.40. The normalized spacial score (nSPS) is 33.4. The van der Waals surface area contributed by atoms with Gasteiger partial charge in [0.2, 0.25) is 0 Å². The maximum atomic E-state index is 13.0. The highest BCUT2D eigenvalue weighted by Gasteiger charge is 2.59. The standard InChI is InChI=1S/C10H18F3NO3/c1-5(2)8-6(10(11,12)13)7(9(15)16-4)14(3)17-8/h5-9,15H,1-4H3. The molecule has 4 nitrogen and oxygen atoms in total. The van der Waals surface area contributed by atoms with Gasteiger partial charge in [-0.15, -0.1) is 0 Å². The summed E-state index contributed by atoms with van der Waals surface area (Å²) in [4.78, 5) is 5.17. The molecule has 4 atom stereocenters. The van der Waals surface area contributed by atoms with E-state index in [0.29, 0.717) is 0 Å². The SMILES string of the molecule is COC(O)C1C(C(F)(F)F)C(C(C)C)ON1C. The van der Waals surface area contributed by atoms with Crippen LogP contribution in [0.3, 0.4) is 0 Å². The van der Waals surface area contributed by atoms with Crippen molar-refractivity contribution in [2.75, 3.05) is 14.2 Å². The van der Waals surface area contributed by atoms with E-state index in [9.17, 15) is 18.3 Å². The largest absolute Gasteiger partial charge is 0.396 e. The Morgan fingerprint density at radius 1 is 1.35 bits per heavy atom. The van der Waals surface area contributed by atoms with E-state index < -0.39 is 30.5 Å². The molecule has 7 heteroatoms. The van der Waals surface area contributed by atoms with Gasteiger partial charge in [-0.3, -0.25) is 4.84 Å². The van der Waals surface area contributed by atoms with Crippen molar-refractivity contribution < 1.29 is 27.9 Å². The topological polar surface area (TPSA) is 41.9 Å². The Labute approximate surface area is 98.2 Å². The second kappa shape index (κ2) is 5.09. The van der Waals surface area contributed by atoms with Gasteiger partial charge in [0, 0.05) is 14.2 Å². The van der Waals surface area contributed by atoms with Gasteiger partial charge in [0.05, 0.1) is 12.1 Å². The van der Waals surface area contributed by atoms with Crippen LogP contribution in [0.1, 0.15) is 13.8 Å². The van der Waals surface area contributed by atoms with Crippen LogP contribution in [0.2, 0.25) is 0 Å². The smallest absolute Gasteiger partial charge is 0.367 e. The molecule has 102 valence electrons. The predicted molar refractivity (Wildman–Crippen MR) is 53.8 cm³/mol. The Bertz CT molecular complexity index is 260. The number of rotatable bonds is 3. The molecule has 0 bridgehead atoms. The molecule has 0 aliphatic carbocycles. The van der Waals surface area contributed by atoms with E-state index in [1.807, 2.05) is 0 Å². The third kappa shape index (κ3) is 2.90. The van der Waals surface area contributed by atoms with E-state index in [4.69, 9.17) is 4.84 Å². The summed E-state index contributed by atoms with van der Waals surface area (Å²) >= 11 is 0. The summed E-state index contributed by atoms with van der Waals surface area (Å²) in [6, 6.07) is -1.24. The van der Waals surface area contributed by atoms with E-state index in [1.54, 1.807) is 13.8 Å². The van der Waals surface area contributed by atoms with Crippen LogP contribution in [0.25, 0.3) is 0 Å². The van der Waals surface area contributed by atoms with Gasteiger partial charge in [0.25, 0.3) is 0 Å². The predicted octanol–water partition coefficient (Wildman–Crippen LogP) is 1.40. The molecule has 4 unspecified atom stereocenters. The van der Waals surface area contributed by atoms with Gasteiger partial charge in [-0.25, -0.2) is 0 Å². The second-order valence-corrected chi connectivity index (χ2v) is 4.54. The molecule has 0 aromatic carbocycles. The number of alkyl halides is 3. The maximum absolute atomic E-state index is 13.0. The number of hydroxylamine groups is 2. The number of halogens is 3. The third-order valence-corrected chi connectivity index (χ3v) is 3.00. The number of aliphatic hydroxyl groups excluding tert-OH is 1. The zero-order valence-electron chi connectivity index (χ0n) is 10.2. The minimum absolute atomic E-state index is 0.307. The van der Waals surface area contributed by atoms with E-state index in [0.717, 1.165) is 12.2 Å². The molecule has 0 amide bonds. The molecule has 0 saturated carbocycles. The van der Waals surface area contributed by atoms with Crippen molar-refractivity contribution in [2.45, 2.75) is 38.5 Å². The first-order chi connectivity index (χ1) is 7.70. The summed E-state index contributed by atoms with van der Waals surface area (Å²) in [6.45, 7) is 3.30. The monoisotopic (exact) mass is 257 g/mol. The molecule has 1 N–H and O–H groups in total. The average Bonchev–Trinajstić information content (AvgIpc) is 2.54. The summed E-state index contributed by atoms with van der Waals surface area (Å²) in [5.41, 5.74) is 0. The van der Waals surface area contributed by atoms with Crippen molar-refractivity contribution in [3.63, 3.8) is 0 Å². The first-order valence-electron chi connectivity index (χ1n) is 5.37. The molecular formula is C10H18F3NO3. The highest BCUT2D eigenvalue weighted by atomic mass is 19.4. The van der Waals surface area contributed by atoms with Gasteiger partial charge < -0.3 is 9.84 Å². The van der Waals surface area contributed by atoms with Crippen molar-refractivity contribution >= 4 is 0 Å². The number of hydrogen-bond acceptors (Lipinski definition) is 4. The summed E-state index contributed by atoms with van der Waals surface area (Å²) in [5, 5.41) is 10.6. The van der Waals surface area contributed by atoms with Gasteiger partial charge >= 0.3 is 6.18 Å². The maximum Gasteiger partial charge on any atom is 0.396 e. The zero-order valence-corrected chi connectivity index (χ0v) is 10.2. The minimum Gasteiger partial charge on any atom is -0.367 e. The number of ether oxygens (including phenoxy) is 1. The Morgan fingerprint density at radius 3 is 2.24 bits per heavy atom. The van der Waals surface area contributed by atoms with Gasteiger partial charge in [0.1, 0.15) is 5.92 Å². The van der Waals surface area contributed by atoms with Gasteiger partial charge in [-0.05, 0) is 5.92 Å². The van der Waals surface area contributed by atoms with Crippen LogP contribution in [-0.2, 0) is 9.57 Å². The molecular weight excluding hydrogens is 239 g/mol. The second-order valence-electron chi connectivity index (χ2n) is 4.54. The van der Waals surface area contributed by atoms with Crippen LogP contribution in [0.4, 0.5) is 13.2 Å². The number of aliphatic hydroxyl groups is 1. The van der Waals surface area contributed by atoms with Crippen molar-refractivity contribution in [1.29, 1.82) is 0 Å². The van der Waals surface area contributed by atoms with E-state index >= 15 is 0 Å². The highest BCUT2D eigenvalue weighted by molar-refractivity contribution is 4.93. The Morgan fingerprint density at radius 2 is 1.88 bits per heavy atom. The molecule has 1 fully saturated rings. The molecule has 0 spiro atoms. The molecule has 0 radical (unpaired) electrons. The lowest BCUT2D eigenvalue weighted by Gasteiger charge is -2.29. The van der Waals surface area contributed by atoms with E-state index in [1.165, 1.54) is 7.05 Å². The minimum atomic E-state index is -4.44. The molecule has 0 aromatic rings. The number of likely N-dealkylation sites (N-methyl/N-ethyl adjacent to an activating group) is 1. The molecule has 0 aromatic heterocycles. The summed E-state index contributed by atoms with van der Waals surface area (Å²) in [5.74, 6) is -2.07. The summed E-state index contributed by atoms with van der Waals surface area (Å²) in [7, 11) is 2.53. The molecule has 17 heavy (non-hydrogen) atoms. The van der Waals surface area contributed by atoms with Gasteiger partial charge in [0.15, 0.2) is 6.29 Å². The van der Waals surface area contributed by atoms with Crippen LogP contribution < -0.4 is 0 Å². The van der Waals surface area contributed by atoms with Crippen LogP contribution in [0.5, 0.6) is 0 Å². The van der Waals surface area contributed by atoms with E-state index in [-0.39, 0.29) is 5.92 Å². The van der Waals surface area contributed by atoms with Crippen molar-refractivity contribution in [3.8, 4) is 0 Å². The quantitative estimate of drug-likeness (QED) is 0.776.